The number of nitrogens with two attached hydrogens (primary N) is 1. The summed E-state index contributed by atoms with van der Waals surface area (Å²) in [6.07, 6.45) is 5.03. The molecule has 7 heteroatoms. The Morgan fingerprint density at radius 3 is 3.08 bits per heavy atom. The molecule has 0 bridgehead atoms. The van der Waals surface area contributed by atoms with Crippen LogP contribution < -0.4 is 15.9 Å². The number of fused-ring (bicyclic) bond motifs is 1. The second-order valence-electron chi connectivity index (χ2n) is 2.86. The summed E-state index contributed by atoms with van der Waals surface area (Å²) in [5, 5.41) is 8.86. The van der Waals surface area contributed by atoms with Gasteiger partial charge < -0.3 is 5.32 Å². The van der Waals surface area contributed by atoms with Gasteiger partial charge in [-0.2, -0.15) is 0 Å². The van der Waals surface area contributed by atoms with Crippen molar-refractivity contribution in [3.05, 3.63) is 24.3 Å². The van der Waals surface area contributed by atoms with Crippen LogP contribution in [0, 0.1) is 0 Å². The number of hydrogen-bond donors (Lipinski definition) is 3. The predicted octanol–water partition coefficient (Wildman–Crippen LogP) is -1.62. The molecule has 0 aromatic carbocycles. The Morgan fingerprint density at radius 2 is 2.38 bits per heavy atom. The molecule has 13 heavy (non-hydrogen) atoms. The van der Waals surface area contributed by atoms with Gasteiger partial charge in [-0.25, -0.2) is 19.0 Å². The van der Waals surface area contributed by atoms with E-state index in [4.69, 9.17) is 5.14 Å². The van der Waals surface area contributed by atoms with Crippen LogP contribution in [0.25, 0.3) is 0 Å². The lowest BCUT2D eigenvalue weighted by Crippen LogP contribution is -2.32. The Morgan fingerprint density at radius 1 is 1.62 bits per heavy atom. The van der Waals surface area contributed by atoms with Gasteiger partial charge in [-0.05, 0) is 0 Å². The highest BCUT2D eigenvalue weighted by Crippen LogP contribution is 2.20. The highest BCUT2D eigenvalue weighted by atomic mass is 32.2. The molecule has 2 aliphatic heterocycles. The van der Waals surface area contributed by atoms with E-state index < -0.39 is 15.3 Å². The van der Waals surface area contributed by atoms with E-state index in [1.165, 1.54) is 0 Å². The Labute approximate surface area is 76.1 Å². The molecular formula is C6H10N4O2S. The van der Waals surface area contributed by atoms with Crippen molar-refractivity contribution in [2.24, 2.45) is 5.14 Å². The molecule has 2 aliphatic rings. The number of sulfonamides is 1. The van der Waals surface area contributed by atoms with Crippen molar-refractivity contribution in [3.8, 4) is 0 Å². The standard InChI is InChI=1S/C6H10N4O2S/c7-13(11,12)6-4-9-10-2-1-8-3-5(6)10/h1-3,6,8-9H,4H2,(H2,7,11,12). The monoisotopic (exact) mass is 202 g/mol. The van der Waals surface area contributed by atoms with Crippen molar-refractivity contribution in [1.29, 1.82) is 0 Å². The van der Waals surface area contributed by atoms with Crippen LogP contribution in [0.1, 0.15) is 0 Å². The summed E-state index contributed by atoms with van der Waals surface area (Å²) in [4.78, 5) is 0. The van der Waals surface area contributed by atoms with Crippen LogP contribution in [0.2, 0.25) is 0 Å². The summed E-state index contributed by atoms with van der Waals surface area (Å²) in [7, 11) is -3.52. The number of primary sulfonamides is 1. The molecule has 1 saturated heterocycles. The molecule has 6 nitrogen and oxygen atoms in total. The zero-order valence-corrected chi connectivity index (χ0v) is 7.58. The highest BCUT2D eigenvalue weighted by Gasteiger charge is 2.35. The molecule has 2 heterocycles. The maximum Gasteiger partial charge on any atom is 0.219 e. The smallest absolute Gasteiger partial charge is 0.219 e. The molecule has 1 atom stereocenters. The van der Waals surface area contributed by atoms with Gasteiger partial charge in [0.2, 0.25) is 10.0 Å². The van der Waals surface area contributed by atoms with Gasteiger partial charge in [-0.15, -0.1) is 0 Å². The summed E-state index contributed by atoms with van der Waals surface area (Å²) in [6, 6.07) is 0. The summed E-state index contributed by atoms with van der Waals surface area (Å²) in [6.45, 7) is 0.316. The Balaban J connectivity index is 2.32. The lowest BCUT2D eigenvalue weighted by molar-refractivity contribution is 0.399. The van der Waals surface area contributed by atoms with Crippen molar-refractivity contribution in [2.45, 2.75) is 5.25 Å². The molecule has 1 unspecified atom stereocenters. The highest BCUT2D eigenvalue weighted by molar-refractivity contribution is 7.90. The maximum absolute atomic E-state index is 11.1. The SMILES string of the molecule is NS(=O)(=O)C1CNN2C=CNC=C12. The average molecular weight is 202 g/mol. The van der Waals surface area contributed by atoms with Gasteiger partial charge in [0.25, 0.3) is 0 Å². The minimum absolute atomic E-state index is 0.316. The molecule has 0 spiro atoms. The van der Waals surface area contributed by atoms with E-state index in [0.717, 1.165) is 0 Å². The minimum Gasteiger partial charge on any atom is -0.365 e. The van der Waals surface area contributed by atoms with Crippen molar-refractivity contribution in [1.82, 2.24) is 15.8 Å². The van der Waals surface area contributed by atoms with Gasteiger partial charge in [-0.1, -0.05) is 0 Å². The lowest BCUT2D eigenvalue weighted by atomic mass is 10.3. The second kappa shape index (κ2) is 2.72. The molecule has 0 amide bonds. The number of nitrogens with one attached hydrogen (secondary N) is 2. The van der Waals surface area contributed by atoms with Gasteiger partial charge in [0.05, 0.1) is 5.70 Å². The van der Waals surface area contributed by atoms with Gasteiger partial charge in [0.1, 0.15) is 5.25 Å². The second-order valence-corrected chi connectivity index (χ2v) is 4.61. The number of hydrogen-bond acceptors (Lipinski definition) is 5. The van der Waals surface area contributed by atoms with E-state index in [0.29, 0.717) is 12.2 Å². The van der Waals surface area contributed by atoms with E-state index >= 15 is 0 Å². The summed E-state index contributed by atoms with van der Waals surface area (Å²) < 4.78 is 22.2. The Hall–Kier alpha value is -1.05. The van der Waals surface area contributed by atoms with Crippen molar-refractivity contribution in [3.63, 3.8) is 0 Å². The molecule has 0 aliphatic carbocycles. The van der Waals surface area contributed by atoms with Crippen LogP contribution in [-0.2, 0) is 10.0 Å². The Kier molecular flexibility index (Phi) is 1.79. The first-order valence-corrected chi connectivity index (χ1v) is 5.37. The van der Waals surface area contributed by atoms with E-state index in [-0.39, 0.29) is 0 Å². The third-order valence-corrected chi connectivity index (χ3v) is 3.20. The van der Waals surface area contributed by atoms with Gasteiger partial charge >= 0.3 is 0 Å². The molecule has 0 aromatic rings. The summed E-state index contributed by atoms with van der Waals surface area (Å²) in [5.74, 6) is 0. The number of nitrogens with zero attached hydrogens (tertiary/aromatic N) is 1. The van der Waals surface area contributed by atoms with Crippen LogP contribution in [0.15, 0.2) is 24.3 Å². The van der Waals surface area contributed by atoms with Crippen LogP contribution in [0.3, 0.4) is 0 Å². The van der Waals surface area contributed by atoms with Crippen molar-refractivity contribution < 1.29 is 8.42 Å². The van der Waals surface area contributed by atoms with Gasteiger partial charge in [0, 0.05) is 25.1 Å². The molecule has 0 aromatic heterocycles. The topological polar surface area (TPSA) is 87.5 Å². The number of rotatable bonds is 1. The van der Waals surface area contributed by atoms with E-state index in [1.807, 2.05) is 0 Å². The normalized spacial score (nSPS) is 26.7. The molecular weight excluding hydrogens is 192 g/mol. The molecule has 0 radical (unpaired) electrons. The summed E-state index contributed by atoms with van der Waals surface area (Å²) in [5.41, 5.74) is 3.52. The van der Waals surface area contributed by atoms with Crippen LogP contribution in [0.5, 0.6) is 0 Å². The average Bonchev–Trinajstić information content (AvgIpc) is 2.45. The zero-order valence-electron chi connectivity index (χ0n) is 6.77. The van der Waals surface area contributed by atoms with E-state index in [9.17, 15) is 8.42 Å². The third-order valence-electron chi connectivity index (χ3n) is 2.00. The molecule has 1 fully saturated rings. The fourth-order valence-electron chi connectivity index (χ4n) is 1.37. The number of hydrazine groups is 1. The van der Waals surface area contributed by atoms with Crippen molar-refractivity contribution >= 4 is 10.0 Å². The third kappa shape index (κ3) is 1.41. The quantitative estimate of drug-likeness (QED) is 0.475. The maximum atomic E-state index is 11.1. The fourth-order valence-corrected chi connectivity index (χ4v) is 2.19. The molecule has 72 valence electrons. The van der Waals surface area contributed by atoms with E-state index in [2.05, 4.69) is 10.7 Å². The van der Waals surface area contributed by atoms with Crippen LogP contribution in [0.4, 0.5) is 0 Å². The minimum atomic E-state index is -3.52. The van der Waals surface area contributed by atoms with Crippen LogP contribution >= 0.6 is 0 Å². The summed E-state index contributed by atoms with van der Waals surface area (Å²) >= 11 is 0. The first kappa shape index (κ1) is 8.54. The van der Waals surface area contributed by atoms with E-state index in [1.54, 1.807) is 23.6 Å². The predicted molar refractivity (Wildman–Crippen MR) is 47.1 cm³/mol. The zero-order chi connectivity index (χ0) is 9.47. The van der Waals surface area contributed by atoms with Crippen LogP contribution in [-0.4, -0.2) is 25.2 Å². The van der Waals surface area contributed by atoms with Crippen molar-refractivity contribution in [2.75, 3.05) is 6.54 Å². The fraction of sp³-hybridized carbons (Fsp3) is 0.333. The molecule has 4 N–H and O–H groups in total. The lowest BCUT2D eigenvalue weighted by Gasteiger charge is -2.19. The first-order chi connectivity index (χ1) is 6.09. The Bertz CT molecular complexity index is 372. The largest absolute Gasteiger partial charge is 0.365 e. The van der Waals surface area contributed by atoms with Gasteiger partial charge in [-0.3, -0.25) is 5.01 Å². The first-order valence-electron chi connectivity index (χ1n) is 3.76. The van der Waals surface area contributed by atoms with Gasteiger partial charge in [0.15, 0.2) is 0 Å². The molecule has 0 saturated carbocycles. The molecule has 2 rings (SSSR count).